The first-order chi connectivity index (χ1) is 12.0. The molecule has 5 nitrogen and oxygen atoms in total. The first-order valence-corrected chi connectivity index (χ1v) is 7.53. The second-order valence-corrected chi connectivity index (χ2v) is 5.78. The van der Waals surface area contributed by atoms with Crippen LogP contribution in [-0.2, 0) is 11.0 Å². The summed E-state index contributed by atoms with van der Waals surface area (Å²) in [5.41, 5.74) is -3.21. The van der Waals surface area contributed by atoms with Crippen LogP contribution >= 0.6 is 23.2 Å². The number of carboxylic acid groups (broad SMARTS) is 1. The maximum atomic E-state index is 12.8. The van der Waals surface area contributed by atoms with Crippen LogP contribution in [0.1, 0.15) is 16.7 Å². The first kappa shape index (κ1) is 19.7. The smallest absolute Gasteiger partial charge is 0.416 e. The number of nitro benzene ring substituents is 1. The summed E-state index contributed by atoms with van der Waals surface area (Å²) in [7, 11) is 0. The van der Waals surface area contributed by atoms with Crippen molar-refractivity contribution in [1.82, 2.24) is 0 Å². The van der Waals surface area contributed by atoms with Gasteiger partial charge in [-0.25, -0.2) is 4.79 Å². The number of nitro groups is 1. The largest absolute Gasteiger partial charge is 0.478 e. The highest BCUT2D eigenvalue weighted by Crippen LogP contribution is 2.36. The van der Waals surface area contributed by atoms with Crippen LogP contribution in [0.15, 0.2) is 36.4 Å². The maximum Gasteiger partial charge on any atom is 0.416 e. The van der Waals surface area contributed by atoms with Gasteiger partial charge in [0, 0.05) is 6.07 Å². The Kier molecular flexibility index (Phi) is 5.58. The van der Waals surface area contributed by atoms with Gasteiger partial charge >= 0.3 is 12.1 Å². The first-order valence-electron chi connectivity index (χ1n) is 6.77. The van der Waals surface area contributed by atoms with Crippen molar-refractivity contribution in [3.63, 3.8) is 0 Å². The highest BCUT2D eigenvalue weighted by atomic mass is 35.5. The summed E-state index contributed by atoms with van der Waals surface area (Å²) in [6, 6.07) is 5.92. The third-order valence-corrected chi connectivity index (χ3v) is 4.16. The zero-order valence-corrected chi connectivity index (χ0v) is 14.1. The third kappa shape index (κ3) is 4.14. The molecule has 0 atom stereocenters. The molecular weight excluding hydrogens is 398 g/mol. The van der Waals surface area contributed by atoms with Gasteiger partial charge in [-0.05, 0) is 29.8 Å². The lowest BCUT2D eigenvalue weighted by atomic mass is 9.99. The molecule has 2 rings (SSSR count). The zero-order chi connectivity index (χ0) is 19.6. The van der Waals surface area contributed by atoms with Gasteiger partial charge in [0.2, 0.25) is 0 Å². The average molecular weight is 406 g/mol. The van der Waals surface area contributed by atoms with E-state index < -0.39 is 39.5 Å². The minimum atomic E-state index is -4.81. The van der Waals surface area contributed by atoms with Gasteiger partial charge in [-0.3, -0.25) is 10.1 Å². The molecule has 10 heteroatoms. The molecule has 0 spiro atoms. The molecule has 0 fully saturated rings. The van der Waals surface area contributed by atoms with Gasteiger partial charge in [-0.1, -0.05) is 35.3 Å². The van der Waals surface area contributed by atoms with Gasteiger partial charge in [-0.15, -0.1) is 0 Å². The highest BCUT2D eigenvalue weighted by Gasteiger charge is 2.34. The number of carboxylic acids is 1. The second kappa shape index (κ2) is 7.35. The van der Waals surface area contributed by atoms with E-state index in [1.165, 1.54) is 18.2 Å². The normalized spacial score (nSPS) is 12.1. The Morgan fingerprint density at radius 3 is 2.38 bits per heavy atom. The standard InChI is InChI=1S/C16H8Cl2F3NO4/c17-12-3-1-2-8(14(12)18)6-11(15(23)24)10-5-4-9(16(19,20)21)7-13(10)22(25)26/h1-7H,(H,23,24)/b11-6-. The minimum absolute atomic E-state index is 0.00230. The van der Waals surface area contributed by atoms with Gasteiger partial charge in [0.05, 0.1) is 31.7 Å². The van der Waals surface area contributed by atoms with Gasteiger partial charge in [-0.2, -0.15) is 13.2 Å². The molecule has 136 valence electrons. The van der Waals surface area contributed by atoms with E-state index in [-0.39, 0.29) is 21.7 Å². The van der Waals surface area contributed by atoms with Crippen LogP contribution in [0.5, 0.6) is 0 Å². The molecule has 26 heavy (non-hydrogen) atoms. The molecule has 0 heterocycles. The Morgan fingerprint density at radius 2 is 1.85 bits per heavy atom. The summed E-state index contributed by atoms with van der Waals surface area (Å²) in [5.74, 6) is -1.58. The van der Waals surface area contributed by atoms with Crippen LogP contribution in [0.4, 0.5) is 18.9 Å². The highest BCUT2D eigenvalue weighted by molar-refractivity contribution is 6.43. The van der Waals surface area contributed by atoms with E-state index in [0.717, 1.165) is 12.1 Å². The summed E-state index contributed by atoms with van der Waals surface area (Å²) in [6.07, 6.45) is -3.81. The minimum Gasteiger partial charge on any atom is -0.478 e. The molecule has 0 radical (unpaired) electrons. The van der Waals surface area contributed by atoms with Crippen molar-refractivity contribution in [2.75, 3.05) is 0 Å². The molecule has 0 aliphatic heterocycles. The van der Waals surface area contributed by atoms with Crippen molar-refractivity contribution in [2.45, 2.75) is 6.18 Å². The number of benzene rings is 2. The molecule has 0 unspecified atom stereocenters. The van der Waals surface area contributed by atoms with Crippen molar-refractivity contribution in [2.24, 2.45) is 0 Å². The lowest BCUT2D eigenvalue weighted by Gasteiger charge is -2.10. The number of alkyl halides is 3. The summed E-state index contributed by atoms with van der Waals surface area (Å²) < 4.78 is 38.3. The predicted octanol–water partition coefficient (Wildman–Crippen LogP) is 5.55. The van der Waals surface area contributed by atoms with Crippen LogP contribution in [0.2, 0.25) is 10.0 Å². The lowest BCUT2D eigenvalue weighted by molar-refractivity contribution is -0.385. The van der Waals surface area contributed by atoms with Crippen LogP contribution in [0, 0.1) is 10.1 Å². The van der Waals surface area contributed by atoms with E-state index in [0.29, 0.717) is 6.07 Å². The Bertz CT molecular complexity index is 926. The van der Waals surface area contributed by atoms with Crippen molar-refractivity contribution < 1.29 is 28.0 Å². The van der Waals surface area contributed by atoms with Crippen LogP contribution in [0.3, 0.4) is 0 Å². The number of hydrogen-bond acceptors (Lipinski definition) is 3. The van der Waals surface area contributed by atoms with Crippen LogP contribution < -0.4 is 0 Å². The summed E-state index contributed by atoms with van der Waals surface area (Å²) >= 11 is 11.8. The quantitative estimate of drug-likeness (QED) is 0.313. The Morgan fingerprint density at radius 1 is 1.19 bits per heavy atom. The zero-order valence-electron chi connectivity index (χ0n) is 12.6. The molecule has 0 saturated carbocycles. The molecule has 0 saturated heterocycles. The summed E-state index contributed by atoms with van der Waals surface area (Å²) in [5, 5.41) is 20.7. The van der Waals surface area contributed by atoms with Gasteiger partial charge < -0.3 is 5.11 Å². The number of nitrogens with zero attached hydrogens (tertiary/aromatic N) is 1. The molecular formula is C16H8Cl2F3NO4. The number of rotatable bonds is 4. The Hall–Kier alpha value is -2.58. The van der Waals surface area contributed by atoms with E-state index in [9.17, 15) is 33.2 Å². The number of halogens is 5. The third-order valence-electron chi connectivity index (χ3n) is 3.32. The fourth-order valence-corrected chi connectivity index (χ4v) is 2.49. The fourth-order valence-electron chi connectivity index (χ4n) is 2.13. The van der Waals surface area contributed by atoms with E-state index in [4.69, 9.17) is 23.2 Å². The van der Waals surface area contributed by atoms with Gasteiger partial charge in [0.15, 0.2) is 0 Å². The summed E-state index contributed by atoms with van der Waals surface area (Å²) in [4.78, 5) is 21.7. The van der Waals surface area contributed by atoms with E-state index in [2.05, 4.69) is 0 Å². The van der Waals surface area contributed by atoms with Crippen molar-refractivity contribution in [1.29, 1.82) is 0 Å². The molecule has 0 bridgehead atoms. The maximum absolute atomic E-state index is 12.8. The van der Waals surface area contributed by atoms with Crippen LogP contribution in [-0.4, -0.2) is 16.0 Å². The topological polar surface area (TPSA) is 80.4 Å². The number of aliphatic carboxylic acids is 1. The van der Waals surface area contributed by atoms with Crippen molar-refractivity contribution >= 4 is 46.5 Å². The van der Waals surface area contributed by atoms with E-state index >= 15 is 0 Å². The average Bonchev–Trinajstić information content (AvgIpc) is 2.54. The van der Waals surface area contributed by atoms with E-state index in [1.807, 2.05) is 0 Å². The SMILES string of the molecule is O=C(O)/C(=C\c1cccc(Cl)c1Cl)c1ccc(C(F)(F)F)cc1[N+](=O)[O-]. The van der Waals surface area contributed by atoms with Crippen molar-refractivity contribution in [3.8, 4) is 0 Å². The predicted molar refractivity (Wildman–Crippen MR) is 90.1 cm³/mol. The Labute approximate surface area is 154 Å². The Balaban J connectivity index is 2.72. The van der Waals surface area contributed by atoms with Gasteiger partial charge in [0.25, 0.3) is 5.69 Å². The molecule has 1 N–H and O–H groups in total. The molecule has 0 aromatic heterocycles. The molecule has 2 aromatic carbocycles. The van der Waals surface area contributed by atoms with Crippen LogP contribution in [0.25, 0.3) is 11.6 Å². The molecule has 2 aromatic rings. The summed E-state index contributed by atoms with van der Waals surface area (Å²) in [6.45, 7) is 0. The molecule has 0 amide bonds. The molecule has 0 aliphatic rings. The lowest BCUT2D eigenvalue weighted by Crippen LogP contribution is -2.08. The fraction of sp³-hybridized carbons (Fsp3) is 0.0625. The number of hydrogen-bond donors (Lipinski definition) is 1. The second-order valence-electron chi connectivity index (χ2n) is 4.99. The molecule has 0 aliphatic carbocycles. The number of carbonyl (C=O) groups is 1. The van der Waals surface area contributed by atoms with Gasteiger partial charge in [0.1, 0.15) is 0 Å². The van der Waals surface area contributed by atoms with E-state index in [1.54, 1.807) is 0 Å². The monoisotopic (exact) mass is 405 g/mol. The van der Waals surface area contributed by atoms with Crippen molar-refractivity contribution in [3.05, 3.63) is 73.2 Å².